The molecule has 2 heterocycles. The van der Waals surface area contributed by atoms with Gasteiger partial charge in [-0.1, -0.05) is 11.6 Å². The van der Waals surface area contributed by atoms with Crippen LogP contribution in [0.25, 0.3) is 0 Å². The van der Waals surface area contributed by atoms with Gasteiger partial charge in [-0.2, -0.15) is 5.26 Å². The number of rotatable bonds is 2. The third-order valence-electron chi connectivity index (χ3n) is 4.01. The third-order valence-corrected chi connectivity index (χ3v) is 4.31. The highest BCUT2D eigenvalue weighted by Gasteiger charge is 2.23. The minimum atomic E-state index is -0.288. The molecule has 0 saturated carbocycles. The Labute approximate surface area is 143 Å². The van der Waals surface area contributed by atoms with Gasteiger partial charge in [-0.15, -0.1) is 0 Å². The number of hydrogen-bond acceptors (Lipinski definition) is 4. The number of amides is 1. The number of H-pyrrole nitrogens is 1. The quantitative estimate of drug-likeness (QED) is 0.903. The molecule has 122 valence electrons. The molecule has 0 bridgehead atoms. The Hall–Kier alpha value is -2.78. The van der Waals surface area contributed by atoms with Crippen molar-refractivity contribution in [3.05, 3.63) is 63.0 Å². The zero-order valence-electron chi connectivity index (χ0n) is 12.8. The largest absolute Gasteiger partial charge is 0.367 e. The van der Waals surface area contributed by atoms with Gasteiger partial charge in [0, 0.05) is 44.0 Å². The highest BCUT2D eigenvalue weighted by molar-refractivity contribution is 6.33. The number of anilines is 1. The van der Waals surface area contributed by atoms with E-state index in [1.807, 2.05) is 6.07 Å². The summed E-state index contributed by atoms with van der Waals surface area (Å²) in [7, 11) is 0. The summed E-state index contributed by atoms with van der Waals surface area (Å²) < 4.78 is 0. The molecule has 6 nitrogen and oxygen atoms in total. The van der Waals surface area contributed by atoms with Crippen LogP contribution in [0.5, 0.6) is 0 Å². The summed E-state index contributed by atoms with van der Waals surface area (Å²) in [5.74, 6) is -0.147. The molecule has 2 aromatic rings. The van der Waals surface area contributed by atoms with Crippen LogP contribution in [0.4, 0.5) is 5.69 Å². The van der Waals surface area contributed by atoms with E-state index in [0.717, 1.165) is 5.69 Å². The molecule has 3 rings (SSSR count). The standard InChI is InChI=1S/C17H15ClN4O2/c18-14-9-12(11-19)1-2-15(14)21-5-7-22(8-6-21)17(24)13-3-4-20-16(23)10-13/h1-4,9-10H,5-8H2,(H,20,23). The topological polar surface area (TPSA) is 80.2 Å². The van der Waals surface area contributed by atoms with Gasteiger partial charge in [-0.05, 0) is 24.3 Å². The van der Waals surface area contributed by atoms with Crippen LogP contribution in [0.3, 0.4) is 0 Å². The van der Waals surface area contributed by atoms with Crippen molar-refractivity contribution in [3.63, 3.8) is 0 Å². The molecule has 1 aromatic carbocycles. The maximum Gasteiger partial charge on any atom is 0.254 e. The molecule has 1 aromatic heterocycles. The van der Waals surface area contributed by atoms with Gasteiger partial charge in [-0.25, -0.2) is 0 Å². The minimum absolute atomic E-state index is 0.147. The van der Waals surface area contributed by atoms with Crippen LogP contribution in [0.2, 0.25) is 5.02 Å². The fraction of sp³-hybridized carbons (Fsp3) is 0.235. The van der Waals surface area contributed by atoms with E-state index in [9.17, 15) is 9.59 Å². The van der Waals surface area contributed by atoms with Crippen LogP contribution < -0.4 is 10.5 Å². The first-order chi connectivity index (χ1) is 11.6. The Morgan fingerprint density at radius 1 is 1.17 bits per heavy atom. The van der Waals surface area contributed by atoms with E-state index < -0.39 is 0 Å². The number of aromatic amines is 1. The van der Waals surface area contributed by atoms with E-state index in [-0.39, 0.29) is 11.5 Å². The molecular weight excluding hydrogens is 328 g/mol. The molecule has 0 spiro atoms. The molecule has 0 radical (unpaired) electrons. The molecule has 1 N–H and O–H groups in total. The van der Waals surface area contributed by atoms with Gasteiger partial charge in [0.05, 0.1) is 22.3 Å². The highest BCUT2D eigenvalue weighted by atomic mass is 35.5. The fourth-order valence-corrected chi connectivity index (χ4v) is 3.04. The molecule has 7 heteroatoms. The van der Waals surface area contributed by atoms with Crippen LogP contribution in [-0.4, -0.2) is 42.0 Å². The predicted molar refractivity (Wildman–Crippen MR) is 91.3 cm³/mol. The summed E-state index contributed by atoms with van der Waals surface area (Å²) in [4.78, 5) is 30.1. The molecular formula is C17H15ClN4O2. The van der Waals surface area contributed by atoms with Crippen molar-refractivity contribution < 1.29 is 4.79 Å². The normalized spacial score (nSPS) is 14.3. The van der Waals surface area contributed by atoms with Gasteiger partial charge in [0.2, 0.25) is 5.56 Å². The number of carbonyl (C=O) groups is 1. The van der Waals surface area contributed by atoms with Crippen LogP contribution in [0.1, 0.15) is 15.9 Å². The lowest BCUT2D eigenvalue weighted by molar-refractivity contribution is 0.0746. The van der Waals surface area contributed by atoms with Crippen molar-refractivity contribution in [1.29, 1.82) is 5.26 Å². The summed E-state index contributed by atoms with van der Waals surface area (Å²) in [6.45, 7) is 2.37. The van der Waals surface area contributed by atoms with Crippen LogP contribution in [0.15, 0.2) is 41.3 Å². The number of carbonyl (C=O) groups excluding carboxylic acids is 1. The van der Waals surface area contributed by atoms with Gasteiger partial charge in [0.15, 0.2) is 0 Å². The maximum atomic E-state index is 12.4. The van der Waals surface area contributed by atoms with E-state index in [2.05, 4.69) is 16.0 Å². The molecule has 0 aliphatic carbocycles. The number of hydrogen-bond donors (Lipinski definition) is 1. The van der Waals surface area contributed by atoms with Crippen molar-refractivity contribution in [2.45, 2.75) is 0 Å². The van der Waals surface area contributed by atoms with E-state index >= 15 is 0 Å². The zero-order chi connectivity index (χ0) is 17.1. The van der Waals surface area contributed by atoms with Crippen molar-refractivity contribution in [3.8, 4) is 6.07 Å². The molecule has 1 aliphatic rings. The van der Waals surface area contributed by atoms with Crippen molar-refractivity contribution in [1.82, 2.24) is 9.88 Å². The first-order valence-electron chi connectivity index (χ1n) is 7.51. The Morgan fingerprint density at radius 2 is 1.92 bits per heavy atom. The van der Waals surface area contributed by atoms with E-state index in [4.69, 9.17) is 16.9 Å². The van der Waals surface area contributed by atoms with Crippen molar-refractivity contribution in [2.24, 2.45) is 0 Å². The van der Waals surface area contributed by atoms with Crippen LogP contribution in [0, 0.1) is 11.3 Å². The third kappa shape index (κ3) is 3.26. The Balaban J connectivity index is 1.69. The minimum Gasteiger partial charge on any atom is -0.367 e. The van der Waals surface area contributed by atoms with Crippen molar-refractivity contribution >= 4 is 23.2 Å². The Morgan fingerprint density at radius 3 is 2.54 bits per heavy atom. The van der Waals surface area contributed by atoms with Gasteiger partial charge in [0.1, 0.15) is 0 Å². The average Bonchev–Trinajstić information content (AvgIpc) is 2.61. The number of halogens is 1. The molecule has 1 fully saturated rings. The Bertz CT molecular complexity index is 863. The van der Waals surface area contributed by atoms with Gasteiger partial charge < -0.3 is 14.8 Å². The molecule has 0 unspecified atom stereocenters. The molecule has 0 atom stereocenters. The lowest BCUT2D eigenvalue weighted by Crippen LogP contribution is -2.49. The Kier molecular flexibility index (Phi) is 4.54. The number of piperazine rings is 1. The van der Waals surface area contributed by atoms with Crippen LogP contribution in [-0.2, 0) is 0 Å². The monoisotopic (exact) mass is 342 g/mol. The number of aromatic nitrogens is 1. The van der Waals surface area contributed by atoms with Crippen LogP contribution >= 0.6 is 11.6 Å². The number of benzene rings is 1. The first kappa shape index (κ1) is 16.1. The van der Waals surface area contributed by atoms with Gasteiger partial charge in [-0.3, -0.25) is 9.59 Å². The summed E-state index contributed by atoms with van der Waals surface area (Å²) in [6.07, 6.45) is 1.47. The van der Waals surface area contributed by atoms with Gasteiger partial charge >= 0.3 is 0 Å². The number of pyridine rings is 1. The molecule has 1 saturated heterocycles. The predicted octanol–water partition coefficient (Wildman–Crippen LogP) is 1.86. The molecule has 1 aliphatic heterocycles. The SMILES string of the molecule is N#Cc1ccc(N2CCN(C(=O)c3cc[nH]c(=O)c3)CC2)c(Cl)c1. The van der Waals surface area contributed by atoms with Crippen molar-refractivity contribution in [2.75, 3.05) is 31.1 Å². The lowest BCUT2D eigenvalue weighted by Gasteiger charge is -2.36. The van der Waals surface area contributed by atoms with E-state index in [1.54, 1.807) is 23.1 Å². The first-order valence-corrected chi connectivity index (χ1v) is 7.89. The number of nitrogens with one attached hydrogen (secondary N) is 1. The summed E-state index contributed by atoms with van der Waals surface area (Å²) in [5, 5.41) is 9.43. The maximum absolute atomic E-state index is 12.4. The average molecular weight is 343 g/mol. The second-order valence-electron chi connectivity index (χ2n) is 5.50. The second kappa shape index (κ2) is 6.77. The lowest BCUT2D eigenvalue weighted by atomic mass is 10.1. The zero-order valence-corrected chi connectivity index (χ0v) is 13.6. The second-order valence-corrected chi connectivity index (χ2v) is 5.91. The smallest absolute Gasteiger partial charge is 0.254 e. The van der Waals surface area contributed by atoms with Gasteiger partial charge in [0.25, 0.3) is 5.91 Å². The highest BCUT2D eigenvalue weighted by Crippen LogP contribution is 2.27. The molecule has 24 heavy (non-hydrogen) atoms. The summed E-state index contributed by atoms with van der Waals surface area (Å²) in [6, 6.07) is 10.2. The number of nitrogens with zero attached hydrogens (tertiary/aromatic N) is 3. The summed E-state index contributed by atoms with van der Waals surface area (Å²) in [5.41, 5.74) is 1.48. The van der Waals surface area contributed by atoms with E-state index in [0.29, 0.717) is 42.3 Å². The fourth-order valence-electron chi connectivity index (χ4n) is 2.74. The molecule has 1 amide bonds. The summed E-state index contributed by atoms with van der Waals surface area (Å²) >= 11 is 6.24. The number of nitriles is 1. The van der Waals surface area contributed by atoms with E-state index in [1.165, 1.54) is 12.3 Å².